The van der Waals surface area contributed by atoms with Crippen molar-refractivity contribution in [3.05, 3.63) is 0 Å². The van der Waals surface area contributed by atoms with Gasteiger partial charge in [-0.25, -0.2) is 0 Å². The first-order chi connectivity index (χ1) is 3.55. The highest BCUT2D eigenvalue weighted by Gasteiger charge is 1.90. The molecule has 0 atom stereocenters. The van der Waals surface area contributed by atoms with Crippen LogP contribution in [0.2, 0.25) is 0 Å². The molecule has 8 heavy (non-hydrogen) atoms. The van der Waals surface area contributed by atoms with E-state index >= 15 is 0 Å². The monoisotopic (exact) mass is 131 g/mol. The molecule has 0 bridgehead atoms. The van der Waals surface area contributed by atoms with Crippen molar-refractivity contribution in [1.29, 1.82) is 5.41 Å². The van der Waals surface area contributed by atoms with Gasteiger partial charge >= 0.3 is 0 Å². The van der Waals surface area contributed by atoms with Crippen LogP contribution in [-0.2, 0) is 0 Å². The van der Waals surface area contributed by atoms with Crippen molar-refractivity contribution < 1.29 is 0 Å². The molecular formula is C6H14NP. The third-order valence-electron chi connectivity index (χ3n) is 1.31. The summed E-state index contributed by atoms with van der Waals surface area (Å²) in [5, 5.41) is 8.51. The highest BCUT2D eigenvalue weighted by Crippen LogP contribution is 2.12. The predicted molar refractivity (Wildman–Crippen MR) is 44.2 cm³/mol. The predicted octanol–water partition coefficient (Wildman–Crippen LogP) is 1.69. The standard InChI is InChI=1S/C6H14NP/c1-5(7)6(2)8(3)4/h7-8H,1-4H3. The molecular weight excluding hydrogens is 117 g/mol. The van der Waals surface area contributed by atoms with E-state index in [0.29, 0.717) is 0 Å². The lowest BCUT2D eigenvalue weighted by atomic mass is 10.3. The SMILES string of the molecule is CC(=N)C(C)=[PH](C)C. The van der Waals surface area contributed by atoms with E-state index in [9.17, 15) is 0 Å². The Morgan fingerprint density at radius 1 is 1.25 bits per heavy atom. The zero-order valence-electron chi connectivity index (χ0n) is 6.00. The molecule has 0 fully saturated rings. The topological polar surface area (TPSA) is 23.9 Å². The van der Waals surface area contributed by atoms with Gasteiger partial charge in [-0.15, -0.1) is 7.55 Å². The molecule has 0 aliphatic rings. The summed E-state index contributed by atoms with van der Waals surface area (Å²) in [6.07, 6.45) is 0. The minimum absolute atomic E-state index is 0.320. The zero-order valence-corrected chi connectivity index (χ0v) is 7.00. The van der Waals surface area contributed by atoms with Crippen LogP contribution in [0, 0.1) is 5.41 Å². The molecule has 1 nitrogen and oxygen atoms in total. The van der Waals surface area contributed by atoms with Gasteiger partial charge in [-0.05, 0) is 32.5 Å². The van der Waals surface area contributed by atoms with Gasteiger partial charge < -0.3 is 5.41 Å². The molecule has 0 aliphatic carbocycles. The van der Waals surface area contributed by atoms with E-state index in [1.54, 1.807) is 0 Å². The van der Waals surface area contributed by atoms with Gasteiger partial charge in [0.05, 0.1) is 0 Å². The Bertz CT molecular complexity index is 131. The first kappa shape index (κ1) is 7.97. The van der Waals surface area contributed by atoms with Gasteiger partial charge in [0.15, 0.2) is 0 Å². The van der Waals surface area contributed by atoms with Crippen molar-refractivity contribution >= 4 is 18.6 Å². The second-order valence-corrected chi connectivity index (χ2v) is 5.00. The first-order valence-corrected chi connectivity index (χ1v) is 5.25. The molecule has 0 saturated carbocycles. The Hall–Kier alpha value is -0.0300. The molecule has 0 spiro atoms. The highest BCUT2D eigenvalue weighted by molar-refractivity contribution is 7.59. The molecule has 0 unspecified atom stereocenters. The summed E-state index contributed by atoms with van der Waals surface area (Å²) in [5.41, 5.74) is 0.754. The van der Waals surface area contributed by atoms with Crippen LogP contribution in [0.4, 0.5) is 0 Å². The third kappa shape index (κ3) is 2.32. The lowest BCUT2D eigenvalue weighted by Crippen LogP contribution is -2.00. The third-order valence-corrected chi connectivity index (χ3v) is 3.19. The van der Waals surface area contributed by atoms with Gasteiger partial charge in [0.1, 0.15) is 0 Å². The number of hydrogen-bond donors (Lipinski definition) is 1. The van der Waals surface area contributed by atoms with Crippen LogP contribution in [-0.4, -0.2) is 24.3 Å². The fourth-order valence-corrected chi connectivity index (χ4v) is 1.12. The Labute approximate surface area is 52.0 Å². The van der Waals surface area contributed by atoms with Gasteiger partial charge in [0.25, 0.3) is 0 Å². The number of hydrogen-bond acceptors (Lipinski definition) is 1. The second kappa shape index (κ2) is 3.09. The average Bonchev–Trinajstić information content (AvgIpc) is 1.64. The first-order valence-electron chi connectivity index (χ1n) is 2.75. The summed E-state index contributed by atoms with van der Waals surface area (Å²) in [6.45, 7) is 8.32. The number of nitrogens with one attached hydrogen (secondary N) is 1. The zero-order chi connectivity index (χ0) is 6.73. The van der Waals surface area contributed by atoms with Gasteiger partial charge in [-0.1, -0.05) is 0 Å². The van der Waals surface area contributed by atoms with E-state index in [1.807, 2.05) is 6.92 Å². The molecule has 0 heterocycles. The maximum atomic E-state index is 7.22. The minimum atomic E-state index is -0.320. The largest absolute Gasteiger partial charge is 0.305 e. The fraction of sp³-hybridized carbons (Fsp3) is 0.667. The van der Waals surface area contributed by atoms with Gasteiger partial charge in [0.2, 0.25) is 0 Å². The van der Waals surface area contributed by atoms with Crippen LogP contribution < -0.4 is 0 Å². The molecule has 0 radical (unpaired) electrons. The number of rotatable bonds is 1. The summed E-state index contributed by atoms with van der Waals surface area (Å²) in [6, 6.07) is 0. The molecule has 0 aromatic rings. The Kier molecular flexibility index (Phi) is 3.08. The van der Waals surface area contributed by atoms with E-state index in [2.05, 4.69) is 20.3 Å². The maximum absolute atomic E-state index is 7.22. The molecule has 1 N–H and O–H groups in total. The maximum Gasteiger partial charge on any atom is 0.0310 e. The molecule has 0 aliphatic heterocycles. The molecule has 0 rings (SSSR count). The van der Waals surface area contributed by atoms with Crippen molar-refractivity contribution in [2.24, 2.45) is 0 Å². The molecule has 2 heteroatoms. The van der Waals surface area contributed by atoms with Crippen LogP contribution in [0.3, 0.4) is 0 Å². The second-order valence-electron chi connectivity index (χ2n) is 2.25. The van der Waals surface area contributed by atoms with Crippen molar-refractivity contribution in [2.45, 2.75) is 13.8 Å². The van der Waals surface area contributed by atoms with Crippen LogP contribution >= 0.6 is 7.55 Å². The van der Waals surface area contributed by atoms with Gasteiger partial charge in [-0.2, -0.15) is 0 Å². The lowest BCUT2D eigenvalue weighted by molar-refractivity contribution is 1.51. The van der Waals surface area contributed by atoms with E-state index in [-0.39, 0.29) is 7.55 Å². The highest BCUT2D eigenvalue weighted by atomic mass is 31.1. The fourth-order valence-electron chi connectivity index (χ4n) is 0.375. The molecule has 0 aromatic heterocycles. The van der Waals surface area contributed by atoms with Crippen molar-refractivity contribution in [3.63, 3.8) is 0 Å². The minimum Gasteiger partial charge on any atom is -0.305 e. The van der Waals surface area contributed by atoms with E-state index in [4.69, 9.17) is 5.41 Å². The average molecular weight is 131 g/mol. The quantitative estimate of drug-likeness (QED) is 0.413. The summed E-state index contributed by atoms with van der Waals surface area (Å²) in [7, 11) is -0.320. The van der Waals surface area contributed by atoms with Gasteiger partial charge in [-0.3, -0.25) is 0 Å². The molecule has 0 aromatic carbocycles. The normalized spacial score (nSPS) is 9.62. The smallest absolute Gasteiger partial charge is 0.0310 e. The Morgan fingerprint density at radius 3 is 1.62 bits per heavy atom. The van der Waals surface area contributed by atoms with Crippen LogP contribution in [0.15, 0.2) is 0 Å². The van der Waals surface area contributed by atoms with E-state index in [1.165, 1.54) is 5.29 Å². The molecule has 0 saturated heterocycles. The summed E-state index contributed by atoms with van der Waals surface area (Å²) >= 11 is 0. The van der Waals surface area contributed by atoms with Crippen LogP contribution in [0.1, 0.15) is 13.8 Å². The molecule has 48 valence electrons. The van der Waals surface area contributed by atoms with Crippen LogP contribution in [0.5, 0.6) is 0 Å². The van der Waals surface area contributed by atoms with E-state index < -0.39 is 0 Å². The molecule has 0 amide bonds. The summed E-state index contributed by atoms with van der Waals surface area (Å²) < 4.78 is 0. The lowest BCUT2D eigenvalue weighted by Gasteiger charge is -1.98. The summed E-state index contributed by atoms with van der Waals surface area (Å²) in [4.78, 5) is 0. The van der Waals surface area contributed by atoms with Crippen LogP contribution in [0.25, 0.3) is 0 Å². The Morgan fingerprint density at radius 2 is 1.62 bits per heavy atom. The Balaban J connectivity index is 4.23. The van der Waals surface area contributed by atoms with E-state index in [0.717, 1.165) is 5.71 Å². The summed E-state index contributed by atoms with van der Waals surface area (Å²) in [5.74, 6) is 0. The van der Waals surface area contributed by atoms with Crippen molar-refractivity contribution in [2.75, 3.05) is 13.3 Å². The van der Waals surface area contributed by atoms with Gasteiger partial charge in [0, 0.05) is 5.71 Å². The van der Waals surface area contributed by atoms with Crippen molar-refractivity contribution in [1.82, 2.24) is 0 Å². The van der Waals surface area contributed by atoms with Crippen molar-refractivity contribution in [3.8, 4) is 0 Å².